The van der Waals surface area contributed by atoms with E-state index in [-0.39, 0.29) is 29.6 Å². The third-order valence-electron chi connectivity index (χ3n) is 5.26. The summed E-state index contributed by atoms with van der Waals surface area (Å²) >= 11 is 1.43. The van der Waals surface area contributed by atoms with E-state index in [0.717, 1.165) is 43.4 Å². The summed E-state index contributed by atoms with van der Waals surface area (Å²) in [5, 5.41) is 7.71. The molecule has 2 aliphatic rings. The van der Waals surface area contributed by atoms with Crippen LogP contribution in [0, 0.1) is 11.8 Å². The first kappa shape index (κ1) is 18.9. The number of hydrogen-bond acceptors (Lipinski definition) is 4. The molecule has 0 bridgehead atoms. The Morgan fingerprint density at radius 1 is 1.00 bits per heavy atom. The molecule has 1 aromatic rings. The highest BCUT2D eigenvalue weighted by Crippen LogP contribution is 2.24. The molecular formula is C19H27N3O3S. The van der Waals surface area contributed by atoms with Crippen LogP contribution in [0.5, 0.6) is 0 Å². The Bertz CT molecular complexity index is 626. The lowest BCUT2D eigenvalue weighted by molar-refractivity contribution is -0.127. The van der Waals surface area contributed by atoms with Gasteiger partial charge in [-0.1, -0.05) is 18.9 Å². The van der Waals surface area contributed by atoms with E-state index in [1.165, 1.54) is 11.3 Å². The molecular weight excluding hydrogens is 350 g/mol. The van der Waals surface area contributed by atoms with Gasteiger partial charge in [-0.05, 0) is 37.1 Å². The van der Waals surface area contributed by atoms with Crippen LogP contribution < -0.4 is 10.6 Å². The van der Waals surface area contributed by atoms with Gasteiger partial charge in [0.2, 0.25) is 11.8 Å². The largest absolute Gasteiger partial charge is 0.354 e. The number of piperidine rings is 1. The monoisotopic (exact) mass is 377 g/mol. The summed E-state index contributed by atoms with van der Waals surface area (Å²) in [7, 11) is 0. The highest BCUT2D eigenvalue weighted by Gasteiger charge is 2.29. The van der Waals surface area contributed by atoms with Gasteiger partial charge in [0.25, 0.3) is 5.91 Å². The molecule has 2 heterocycles. The fourth-order valence-corrected chi connectivity index (χ4v) is 4.47. The minimum Gasteiger partial charge on any atom is -0.354 e. The normalized spacial score (nSPS) is 20.8. The van der Waals surface area contributed by atoms with Crippen LogP contribution in [-0.4, -0.2) is 48.8 Å². The molecule has 1 atom stereocenters. The Morgan fingerprint density at radius 2 is 1.65 bits per heavy atom. The van der Waals surface area contributed by atoms with Gasteiger partial charge in [-0.15, -0.1) is 11.3 Å². The van der Waals surface area contributed by atoms with Crippen molar-refractivity contribution < 1.29 is 14.4 Å². The zero-order valence-electron chi connectivity index (χ0n) is 15.0. The van der Waals surface area contributed by atoms with Crippen LogP contribution in [0.15, 0.2) is 17.5 Å². The molecule has 1 aromatic heterocycles. The zero-order valence-corrected chi connectivity index (χ0v) is 15.9. The predicted molar refractivity (Wildman–Crippen MR) is 101 cm³/mol. The van der Waals surface area contributed by atoms with Gasteiger partial charge < -0.3 is 15.5 Å². The first-order valence-electron chi connectivity index (χ1n) is 9.53. The second kappa shape index (κ2) is 9.16. The molecule has 0 spiro atoms. The molecule has 1 saturated carbocycles. The van der Waals surface area contributed by atoms with E-state index in [9.17, 15) is 14.4 Å². The van der Waals surface area contributed by atoms with E-state index in [1.54, 1.807) is 4.90 Å². The number of nitrogens with zero attached hydrogens (tertiary/aromatic N) is 1. The summed E-state index contributed by atoms with van der Waals surface area (Å²) < 4.78 is 0. The summed E-state index contributed by atoms with van der Waals surface area (Å²) in [6.45, 7) is 2.08. The Morgan fingerprint density at radius 3 is 2.31 bits per heavy atom. The van der Waals surface area contributed by atoms with E-state index in [4.69, 9.17) is 0 Å². The first-order chi connectivity index (χ1) is 12.6. The average Bonchev–Trinajstić information content (AvgIpc) is 3.38. The molecule has 1 unspecified atom stereocenters. The van der Waals surface area contributed by atoms with Crippen molar-refractivity contribution in [3.63, 3.8) is 0 Å². The summed E-state index contributed by atoms with van der Waals surface area (Å²) in [6.07, 6.45) is 5.87. The molecule has 3 rings (SSSR count). The van der Waals surface area contributed by atoms with Gasteiger partial charge in [-0.2, -0.15) is 0 Å². The number of hydrogen-bond donors (Lipinski definition) is 2. The third-order valence-corrected chi connectivity index (χ3v) is 6.12. The number of likely N-dealkylation sites (tertiary alicyclic amines) is 1. The van der Waals surface area contributed by atoms with Crippen molar-refractivity contribution in [3.05, 3.63) is 22.4 Å². The number of rotatable bonds is 6. The molecule has 0 radical (unpaired) electrons. The van der Waals surface area contributed by atoms with E-state index < -0.39 is 0 Å². The highest BCUT2D eigenvalue weighted by atomic mass is 32.1. The molecule has 6 nitrogen and oxygen atoms in total. The Kier molecular flexibility index (Phi) is 6.66. The van der Waals surface area contributed by atoms with Crippen molar-refractivity contribution in [1.29, 1.82) is 0 Å². The third kappa shape index (κ3) is 4.84. The van der Waals surface area contributed by atoms with Crippen LogP contribution in [0.1, 0.15) is 48.2 Å². The van der Waals surface area contributed by atoms with Gasteiger partial charge in [0, 0.05) is 32.1 Å². The second-order valence-electron chi connectivity index (χ2n) is 7.13. The van der Waals surface area contributed by atoms with Crippen LogP contribution in [0.25, 0.3) is 0 Å². The number of thiophene rings is 1. The second-order valence-corrected chi connectivity index (χ2v) is 8.08. The number of amides is 3. The number of carbonyl (C=O) groups excluding carboxylic acids is 3. The fourth-order valence-electron chi connectivity index (χ4n) is 3.78. The van der Waals surface area contributed by atoms with Gasteiger partial charge in [-0.25, -0.2) is 0 Å². The minimum atomic E-state index is -0.168. The van der Waals surface area contributed by atoms with Crippen LogP contribution in [0.4, 0.5) is 0 Å². The SMILES string of the molecule is O=C(NCCNC(=O)C1CCCN(C(=O)c2cccs2)C1)C1CCCC1. The zero-order chi connectivity index (χ0) is 18.4. The van der Waals surface area contributed by atoms with Crippen molar-refractivity contribution in [2.45, 2.75) is 38.5 Å². The lowest BCUT2D eigenvalue weighted by Gasteiger charge is -2.31. The summed E-state index contributed by atoms with van der Waals surface area (Å²) in [6, 6.07) is 3.69. The van der Waals surface area contributed by atoms with Crippen LogP contribution >= 0.6 is 11.3 Å². The average molecular weight is 378 g/mol. The summed E-state index contributed by atoms with van der Waals surface area (Å²) in [5.41, 5.74) is 0. The molecule has 142 valence electrons. The maximum atomic E-state index is 12.4. The maximum Gasteiger partial charge on any atom is 0.263 e. The number of nitrogens with one attached hydrogen (secondary N) is 2. The van der Waals surface area contributed by atoms with Gasteiger partial charge in [-0.3, -0.25) is 14.4 Å². The highest BCUT2D eigenvalue weighted by molar-refractivity contribution is 7.12. The number of carbonyl (C=O) groups is 3. The predicted octanol–water partition coefficient (Wildman–Crippen LogP) is 2.02. The van der Waals surface area contributed by atoms with Crippen molar-refractivity contribution >= 4 is 29.1 Å². The van der Waals surface area contributed by atoms with E-state index >= 15 is 0 Å². The Balaban J connectivity index is 1.38. The smallest absolute Gasteiger partial charge is 0.263 e. The lowest BCUT2D eigenvalue weighted by atomic mass is 9.97. The van der Waals surface area contributed by atoms with Gasteiger partial charge in [0.1, 0.15) is 0 Å². The quantitative estimate of drug-likeness (QED) is 0.745. The van der Waals surface area contributed by atoms with Gasteiger partial charge in [0.05, 0.1) is 10.8 Å². The first-order valence-corrected chi connectivity index (χ1v) is 10.4. The van der Waals surface area contributed by atoms with Gasteiger partial charge in [0.15, 0.2) is 0 Å². The van der Waals surface area contributed by atoms with Crippen LogP contribution in [-0.2, 0) is 9.59 Å². The topological polar surface area (TPSA) is 78.5 Å². The fraction of sp³-hybridized carbons (Fsp3) is 0.632. The van der Waals surface area contributed by atoms with E-state index in [2.05, 4.69) is 10.6 Å². The molecule has 0 aromatic carbocycles. The van der Waals surface area contributed by atoms with E-state index in [0.29, 0.717) is 26.2 Å². The Labute approximate surface area is 158 Å². The summed E-state index contributed by atoms with van der Waals surface area (Å²) in [4.78, 5) is 39.3. The molecule has 26 heavy (non-hydrogen) atoms. The Hall–Kier alpha value is -1.89. The van der Waals surface area contributed by atoms with Crippen molar-refractivity contribution in [2.75, 3.05) is 26.2 Å². The van der Waals surface area contributed by atoms with Gasteiger partial charge >= 0.3 is 0 Å². The standard InChI is InChI=1S/C19H27N3O3S/c23-17(14-5-1-2-6-14)20-9-10-21-18(24)15-7-3-11-22(13-15)19(25)16-8-4-12-26-16/h4,8,12,14-15H,1-3,5-7,9-11,13H2,(H,20,23)(H,21,24). The summed E-state index contributed by atoms with van der Waals surface area (Å²) in [5.74, 6) is 0.0892. The maximum absolute atomic E-state index is 12.4. The molecule has 7 heteroatoms. The molecule has 3 amide bonds. The van der Waals surface area contributed by atoms with E-state index in [1.807, 2.05) is 17.5 Å². The molecule has 1 saturated heterocycles. The molecule has 2 N–H and O–H groups in total. The van der Waals surface area contributed by atoms with Crippen molar-refractivity contribution in [1.82, 2.24) is 15.5 Å². The molecule has 1 aliphatic heterocycles. The van der Waals surface area contributed by atoms with Crippen LogP contribution in [0.3, 0.4) is 0 Å². The molecule has 1 aliphatic carbocycles. The molecule has 2 fully saturated rings. The van der Waals surface area contributed by atoms with Crippen molar-refractivity contribution in [3.8, 4) is 0 Å². The minimum absolute atomic E-state index is 0.0151. The van der Waals surface area contributed by atoms with Crippen molar-refractivity contribution in [2.24, 2.45) is 11.8 Å². The van der Waals surface area contributed by atoms with Crippen LogP contribution in [0.2, 0.25) is 0 Å². The lowest BCUT2D eigenvalue weighted by Crippen LogP contribution is -2.46.